The molecule has 0 radical (unpaired) electrons. The van der Waals surface area contributed by atoms with Gasteiger partial charge in [-0.15, -0.1) is 0 Å². The molecule has 2 heterocycles. The van der Waals surface area contributed by atoms with Crippen molar-refractivity contribution in [1.82, 2.24) is 15.1 Å². The second kappa shape index (κ2) is 4.79. The monoisotopic (exact) mass is 245 g/mol. The first-order valence-corrected chi connectivity index (χ1v) is 5.40. The molecule has 1 fully saturated rings. The summed E-state index contributed by atoms with van der Waals surface area (Å²) in [4.78, 5) is 22.2. The first-order valence-electron chi connectivity index (χ1n) is 5.40. The molecule has 0 spiro atoms. The highest BCUT2D eigenvalue weighted by Gasteiger charge is 2.32. The van der Waals surface area contributed by atoms with Gasteiger partial charge in [0.2, 0.25) is 5.78 Å². The van der Waals surface area contributed by atoms with E-state index in [-0.39, 0.29) is 18.0 Å². The average Bonchev–Trinajstić information content (AvgIpc) is 2.75. The zero-order valence-electron chi connectivity index (χ0n) is 9.03. The molecule has 1 saturated heterocycles. The molecule has 17 heavy (non-hydrogen) atoms. The summed E-state index contributed by atoms with van der Waals surface area (Å²) in [6.07, 6.45) is -0.414. The minimum atomic E-state index is -2.95. The van der Waals surface area contributed by atoms with Crippen LogP contribution in [0.1, 0.15) is 18.9 Å². The van der Waals surface area contributed by atoms with Gasteiger partial charge in [-0.25, -0.2) is 8.78 Å². The van der Waals surface area contributed by atoms with Crippen LogP contribution in [0, 0.1) is 0 Å². The molecule has 5 nitrogen and oxygen atoms in total. The molecule has 1 aliphatic rings. The molecule has 2 unspecified atom stereocenters. The summed E-state index contributed by atoms with van der Waals surface area (Å²) < 4.78 is 26.2. The summed E-state index contributed by atoms with van der Waals surface area (Å²) >= 11 is 0. The first kappa shape index (κ1) is 12.0. The van der Waals surface area contributed by atoms with Gasteiger partial charge >= 0.3 is 0 Å². The van der Waals surface area contributed by atoms with E-state index in [2.05, 4.69) is 10.4 Å². The molecular formula is C10H13F2N3O2. The lowest BCUT2D eigenvalue weighted by Gasteiger charge is -2.29. The summed E-state index contributed by atoms with van der Waals surface area (Å²) in [6.45, 7) is 0.480. The standard InChI is InChI=1S/C10H13F2N3O2/c11-10(12)9(17)7-5-6(1-3-13-7)15-4-2-8(16)14-15/h2,4,6-7,10,13H,1,3,5H2,(H,14,16). The highest BCUT2D eigenvalue weighted by Crippen LogP contribution is 2.22. The molecule has 94 valence electrons. The lowest BCUT2D eigenvalue weighted by molar-refractivity contribution is -0.132. The zero-order chi connectivity index (χ0) is 12.4. The van der Waals surface area contributed by atoms with Crippen LogP contribution >= 0.6 is 0 Å². The lowest BCUT2D eigenvalue weighted by atomic mass is 9.96. The smallest absolute Gasteiger partial charge is 0.297 e. The summed E-state index contributed by atoms with van der Waals surface area (Å²) in [6, 6.07) is 0.415. The van der Waals surface area contributed by atoms with Crippen molar-refractivity contribution in [2.24, 2.45) is 0 Å². The van der Waals surface area contributed by atoms with Crippen molar-refractivity contribution in [3.05, 3.63) is 22.6 Å². The van der Waals surface area contributed by atoms with Gasteiger partial charge in [0.1, 0.15) is 0 Å². The van der Waals surface area contributed by atoms with Crippen molar-refractivity contribution in [1.29, 1.82) is 0 Å². The normalized spacial score (nSPS) is 25.1. The number of hydrogen-bond acceptors (Lipinski definition) is 3. The Morgan fingerprint density at radius 1 is 1.53 bits per heavy atom. The van der Waals surface area contributed by atoms with Crippen LogP contribution in [0.25, 0.3) is 0 Å². The van der Waals surface area contributed by atoms with E-state index in [1.54, 1.807) is 10.9 Å². The topological polar surface area (TPSA) is 66.9 Å². The Bertz CT molecular complexity index is 454. The van der Waals surface area contributed by atoms with Crippen LogP contribution in [0.15, 0.2) is 17.1 Å². The highest BCUT2D eigenvalue weighted by atomic mass is 19.3. The van der Waals surface area contributed by atoms with Crippen molar-refractivity contribution in [3.8, 4) is 0 Å². The van der Waals surface area contributed by atoms with Gasteiger partial charge in [0.05, 0.1) is 12.1 Å². The molecule has 0 amide bonds. The third-order valence-electron chi connectivity index (χ3n) is 2.95. The van der Waals surface area contributed by atoms with Crippen LogP contribution in [0.2, 0.25) is 0 Å². The van der Waals surface area contributed by atoms with Gasteiger partial charge in [-0.05, 0) is 19.4 Å². The zero-order valence-corrected chi connectivity index (χ0v) is 9.03. The van der Waals surface area contributed by atoms with Crippen LogP contribution in [0.3, 0.4) is 0 Å². The maximum Gasteiger partial charge on any atom is 0.297 e. The molecule has 0 saturated carbocycles. The molecule has 0 aromatic carbocycles. The molecule has 1 aromatic rings. The second-order valence-corrected chi connectivity index (χ2v) is 4.09. The maximum atomic E-state index is 12.3. The minimum absolute atomic E-state index is 0.119. The predicted molar refractivity (Wildman–Crippen MR) is 56.1 cm³/mol. The Balaban J connectivity index is 2.07. The Morgan fingerprint density at radius 3 is 2.88 bits per heavy atom. The number of alkyl halides is 2. The van der Waals surface area contributed by atoms with Gasteiger partial charge in [0, 0.05) is 12.3 Å². The van der Waals surface area contributed by atoms with Crippen molar-refractivity contribution in [2.45, 2.75) is 31.4 Å². The number of Topliss-reactive ketones (excluding diaryl/α,β-unsaturated/α-hetero) is 1. The number of carbonyl (C=O) groups is 1. The van der Waals surface area contributed by atoms with Gasteiger partial charge in [-0.1, -0.05) is 0 Å². The van der Waals surface area contributed by atoms with E-state index in [1.165, 1.54) is 6.07 Å². The lowest BCUT2D eigenvalue weighted by Crippen LogP contribution is -2.46. The van der Waals surface area contributed by atoms with Crippen LogP contribution in [-0.2, 0) is 4.79 Å². The Kier molecular flexibility index (Phi) is 3.37. The van der Waals surface area contributed by atoms with Crippen molar-refractivity contribution >= 4 is 5.78 Å². The van der Waals surface area contributed by atoms with E-state index in [4.69, 9.17) is 0 Å². The quantitative estimate of drug-likeness (QED) is 0.805. The van der Waals surface area contributed by atoms with Gasteiger partial charge in [0.25, 0.3) is 12.0 Å². The molecule has 2 atom stereocenters. The number of hydrogen-bond donors (Lipinski definition) is 2. The SMILES string of the molecule is O=C(C(F)F)C1CC(n2ccc(=O)[nH]2)CCN1. The third kappa shape index (κ3) is 2.60. The van der Waals surface area contributed by atoms with Gasteiger partial charge in [0.15, 0.2) is 0 Å². The summed E-state index contributed by atoms with van der Waals surface area (Å²) in [5, 5.41) is 5.34. The largest absolute Gasteiger partial charge is 0.307 e. The summed E-state index contributed by atoms with van der Waals surface area (Å²) in [7, 11) is 0. The molecular weight excluding hydrogens is 232 g/mol. The molecule has 2 rings (SSSR count). The van der Waals surface area contributed by atoms with E-state index < -0.39 is 18.3 Å². The number of H-pyrrole nitrogens is 1. The fourth-order valence-electron chi connectivity index (χ4n) is 2.08. The number of carbonyl (C=O) groups excluding carboxylic acids is 1. The molecule has 1 aromatic heterocycles. The second-order valence-electron chi connectivity index (χ2n) is 4.09. The number of ketones is 1. The predicted octanol–water partition coefficient (Wildman–Crippen LogP) is 0.304. The number of nitrogens with one attached hydrogen (secondary N) is 2. The van der Waals surface area contributed by atoms with Crippen molar-refractivity contribution in [3.63, 3.8) is 0 Å². The van der Waals surface area contributed by atoms with Crippen molar-refractivity contribution < 1.29 is 13.6 Å². The van der Waals surface area contributed by atoms with Crippen LogP contribution in [0.4, 0.5) is 8.78 Å². The molecule has 0 bridgehead atoms. The fraction of sp³-hybridized carbons (Fsp3) is 0.600. The maximum absolute atomic E-state index is 12.3. The Hall–Kier alpha value is -1.50. The van der Waals surface area contributed by atoms with Crippen LogP contribution in [-0.4, -0.2) is 34.6 Å². The molecule has 2 N–H and O–H groups in total. The number of aromatic nitrogens is 2. The van der Waals surface area contributed by atoms with Crippen molar-refractivity contribution in [2.75, 3.05) is 6.54 Å². The summed E-state index contributed by atoms with van der Waals surface area (Å²) in [5.74, 6) is -1.08. The Morgan fingerprint density at radius 2 is 2.29 bits per heavy atom. The first-order chi connectivity index (χ1) is 8.08. The average molecular weight is 245 g/mol. The van der Waals surface area contributed by atoms with Crippen LogP contribution < -0.4 is 10.9 Å². The number of halogens is 2. The molecule has 7 heteroatoms. The van der Waals surface area contributed by atoms with E-state index in [0.29, 0.717) is 13.0 Å². The number of aromatic amines is 1. The molecule has 1 aliphatic heterocycles. The number of nitrogens with zero attached hydrogens (tertiary/aromatic N) is 1. The fourth-order valence-corrected chi connectivity index (χ4v) is 2.08. The Labute approximate surface area is 95.8 Å². The highest BCUT2D eigenvalue weighted by molar-refractivity contribution is 5.86. The van der Waals surface area contributed by atoms with Gasteiger partial charge in [-0.2, -0.15) is 0 Å². The third-order valence-corrected chi connectivity index (χ3v) is 2.95. The van der Waals surface area contributed by atoms with E-state index >= 15 is 0 Å². The summed E-state index contributed by atoms with van der Waals surface area (Å²) in [5.41, 5.74) is -0.236. The number of rotatable bonds is 3. The van der Waals surface area contributed by atoms with E-state index in [1.807, 2.05) is 0 Å². The van der Waals surface area contributed by atoms with E-state index in [9.17, 15) is 18.4 Å². The number of piperidine rings is 1. The van der Waals surface area contributed by atoms with Gasteiger partial charge in [-0.3, -0.25) is 19.4 Å². The molecule has 0 aliphatic carbocycles. The van der Waals surface area contributed by atoms with Gasteiger partial charge < -0.3 is 5.32 Å². The van der Waals surface area contributed by atoms with Crippen LogP contribution in [0.5, 0.6) is 0 Å². The minimum Gasteiger partial charge on any atom is -0.307 e. The van der Waals surface area contributed by atoms with E-state index in [0.717, 1.165) is 0 Å².